The van der Waals surface area contributed by atoms with E-state index in [9.17, 15) is 5.26 Å². The molecule has 1 aliphatic carbocycles. The molecule has 2 fully saturated rings. The summed E-state index contributed by atoms with van der Waals surface area (Å²) in [6, 6.07) is 3.84. The van der Waals surface area contributed by atoms with Gasteiger partial charge < -0.3 is 4.90 Å². The van der Waals surface area contributed by atoms with E-state index in [1.165, 1.54) is 45.2 Å². The Bertz CT molecular complexity index is 345. The summed E-state index contributed by atoms with van der Waals surface area (Å²) in [5.74, 6) is 0.854. The van der Waals surface area contributed by atoms with Crippen LogP contribution in [0.5, 0.6) is 0 Å². The third-order valence-electron chi connectivity index (χ3n) is 4.97. The van der Waals surface area contributed by atoms with Crippen LogP contribution in [-0.4, -0.2) is 35.6 Å². The van der Waals surface area contributed by atoms with Gasteiger partial charge in [-0.25, -0.2) is 0 Å². The number of rotatable bonds is 7. The number of nitrogens with zero attached hydrogens (tertiary/aromatic N) is 2. The first-order chi connectivity index (χ1) is 9.52. The summed E-state index contributed by atoms with van der Waals surface area (Å²) in [5.41, 5.74) is -0.304. The highest BCUT2D eigenvalue weighted by molar-refractivity contribution is 5.06. The molecule has 1 saturated heterocycles. The lowest BCUT2D eigenvalue weighted by Crippen LogP contribution is -2.43. The monoisotopic (exact) mass is 277 g/mol. The van der Waals surface area contributed by atoms with E-state index >= 15 is 0 Å². The molecule has 114 valence electrons. The van der Waals surface area contributed by atoms with Gasteiger partial charge in [0.15, 0.2) is 0 Å². The molecular formula is C17H31N3. The lowest BCUT2D eigenvalue weighted by Gasteiger charge is -2.37. The van der Waals surface area contributed by atoms with E-state index in [4.69, 9.17) is 0 Å². The number of likely N-dealkylation sites (tertiary alicyclic amines) is 1. The maximum atomic E-state index is 9.36. The second-order valence-corrected chi connectivity index (χ2v) is 7.35. The Morgan fingerprint density at radius 3 is 2.60 bits per heavy atom. The van der Waals surface area contributed by atoms with Crippen LogP contribution in [0.3, 0.4) is 0 Å². The van der Waals surface area contributed by atoms with Gasteiger partial charge in [0.2, 0.25) is 0 Å². The zero-order chi connectivity index (χ0) is 14.6. The Morgan fingerprint density at radius 1 is 1.20 bits per heavy atom. The van der Waals surface area contributed by atoms with Crippen LogP contribution >= 0.6 is 0 Å². The van der Waals surface area contributed by atoms with Crippen molar-refractivity contribution in [2.75, 3.05) is 13.1 Å². The average Bonchev–Trinajstić information content (AvgIpc) is 3.22. The Kier molecular flexibility index (Phi) is 5.46. The molecule has 0 aromatic heterocycles. The molecule has 3 nitrogen and oxygen atoms in total. The first kappa shape index (κ1) is 15.8. The summed E-state index contributed by atoms with van der Waals surface area (Å²) in [4.78, 5) is 2.65. The van der Waals surface area contributed by atoms with E-state index in [0.29, 0.717) is 6.04 Å². The van der Waals surface area contributed by atoms with Gasteiger partial charge in [-0.3, -0.25) is 5.32 Å². The molecule has 2 aliphatic rings. The molecule has 0 radical (unpaired) electrons. The van der Waals surface area contributed by atoms with E-state index < -0.39 is 0 Å². The number of hydrogen-bond acceptors (Lipinski definition) is 3. The summed E-state index contributed by atoms with van der Waals surface area (Å²) >= 11 is 0. The van der Waals surface area contributed by atoms with Gasteiger partial charge in [0, 0.05) is 18.6 Å². The number of nitrogens with one attached hydrogen (secondary N) is 1. The van der Waals surface area contributed by atoms with Crippen LogP contribution in [-0.2, 0) is 0 Å². The average molecular weight is 277 g/mol. The van der Waals surface area contributed by atoms with Crippen molar-refractivity contribution in [1.29, 1.82) is 5.26 Å². The molecule has 3 atom stereocenters. The predicted octanol–water partition coefficient (Wildman–Crippen LogP) is 3.31. The van der Waals surface area contributed by atoms with Gasteiger partial charge in [0.25, 0.3) is 0 Å². The molecule has 1 saturated carbocycles. The molecule has 1 N–H and O–H groups in total. The molecule has 0 amide bonds. The summed E-state index contributed by atoms with van der Waals surface area (Å²) in [6.45, 7) is 9.26. The Hall–Kier alpha value is -0.590. The molecule has 0 aromatic rings. The van der Waals surface area contributed by atoms with Crippen molar-refractivity contribution < 1.29 is 0 Å². The second-order valence-electron chi connectivity index (χ2n) is 7.35. The van der Waals surface area contributed by atoms with Crippen LogP contribution in [0, 0.1) is 17.2 Å². The molecular weight excluding hydrogens is 246 g/mol. The fraction of sp³-hybridized carbons (Fsp3) is 0.941. The van der Waals surface area contributed by atoms with Gasteiger partial charge in [-0.05, 0) is 71.3 Å². The summed E-state index contributed by atoms with van der Waals surface area (Å²) in [6.07, 6.45) is 8.59. The normalized spacial score (nSPS) is 30.7. The quantitative estimate of drug-likeness (QED) is 0.726. The number of hydrogen-bond donors (Lipinski definition) is 1. The van der Waals surface area contributed by atoms with E-state index in [0.717, 1.165) is 24.8 Å². The fourth-order valence-electron chi connectivity index (χ4n) is 3.32. The summed E-state index contributed by atoms with van der Waals surface area (Å²) < 4.78 is 0. The fourth-order valence-corrected chi connectivity index (χ4v) is 3.32. The molecule has 1 aliphatic heterocycles. The number of unbranched alkanes of at least 4 members (excludes halogenated alkanes) is 1. The topological polar surface area (TPSA) is 39.1 Å². The summed E-state index contributed by atoms with van der Waals surface area (Å²) in [7, 11) is 0. The molecule has 3 unspecified atom stereocenters. The Morgan fingerprint density at radius 2 is 1.95 bits per heavy atom. The van der Waals surface area contributed by atoms with Gasteiger partial charge in [0.1, 0.15) is 5.54 Å². The van der Waals surface area contributed by atoms with Gasteiger partial charge in [0.05, 0.1) is 6.07 Å². The molecule has 0 aromatic carbocycles. The van der Waals surface area contributed by atoms with E-state index in [1.54, 1.807) is 0 Å². The third-order valence-corrected chi connectivity index (χ3v) is 4.97. The van der Waals surface area contributed by atoms with E-state index in [1.807, 2.05) is 0 Å². The van der Waals surface area contributed by atoms with Crippen molar-refractivity contribution in [3.8, 4) is 6.07 Å². The van der Waals surface area contributed by atoms with Crippen LogP contribution in [0.25, 0.3) is 0 Å². The van der Waals surface area contributed by atoms with Crippen LogP contribution in [0.4, 0.5) is 0 Å². The van der Waals surface area contributed by atoms with Crippen molar-refractivity contribution in [2.45, 2.75) is 83.3 Å². The van der Waals surface area contributed by atoms with E-state index in [2.05, 4.69) is 37.1 Å². The predicted molar refractivity (Wildman–Crippen MR) is 83.5 cm³/mol. The van der Waals surface area contributed by atoms with Crippen LogP contribution in [0.1, 0.15) is 65.7 Å². The number of piperidine rings is 1. The van der Waals surface area contributed by atoms with Gasteiger partial charge in [-0.2, -0.15) is 5.26 Å². The van der Waals surface area contributed by atoms with Gasteiger partial charge >= 0.3 is 0 Å². The van der Waals surface area contributed by atoms with Crippen molar-refractivity contribution >= 4 is 0 Å². The highest BCUT2D eigenvalue weighted by Crippen LogP contribution is 2.25. The van der Waals surface area contributed by atoms with Gasteiger partial charge in [-0.15, -0.1) is 0 Å². The lowest BCUT2D eigenvalue weighted by molar-refractivity contribution is 0.122. The molecule has 20 heavy (non-hydrogen) atoms. The van der Waals surface area contributed by atoms with Crippen LogP contribution < -0.4 is 5.32 Å². The largest absolute Gasteiger partial charge is 0.300 e. The first-order valence-electron chi connectivity index (χ1n) is 8.45. The lowest BCUT2D eigenvalue weighted by atomic mass is 9.93. The van der Waals surface area contributed by atoms with Crippen LogP contribution in [0.2, 0.25) is 0 Å². The van der Waals surface area contributed by atoms with Gasteiger partial charge in [-0.1, -0.05) is 6.92 Å². The Labute approximate surface area is 124 Å². The minimum Gasteiger partial charge on any atom is -0.300 e. The number of nitriles is 1. The zero-order valence-corrected chi connectivity index (χ0v) is 13.5. The van der Waals surface area contributed by atoms with Crippen molar-refractivity contribution in [2.24, 2.45) is 5.92 Å². The minimum atomic E-state index is -0.304. The molecule has 0 bridgehead atoms. The standard InChI is InChI=1S/C17H31N3/c1-14-6-7-15(2)20(12-14)11-5-4-10-17(3,13-18)19-16-8-9-16/h14-16,19H,4-12H2,1-3H3. The van der Waals surface area contributed by atoms with E-state index in [-0.39, 0.29) is 5.54 Å². The van der Waals surface area contributed by atoms with Crippen molar-refractivity contribution in [1.82, 2.24) is 10.2 Å². The molecule has 3 heteroatoms. The molecule has 2 rings (SSSR count). The SMILES string of the molecule is CC1CCC(C)N(CCCCC(C)(C#N)NC2CC2)C1. The smallest absolute Gasteiger partial charge is 0.104 e. The highest BCUT2D eigenvalue weighted by Gasteiger charge is 2.32. The van der Waals surface area contributed by atoms with Crippen LogP contribution in [0.15, 0.2) is 0 Å². The second kappa shape index (κ2) is 6.91. The molecule has 0 spiro atoms. The first-order valence-corrected chi connectivity index (χ1v) is 8.45. The minimum absolute atomic E-state index is 0.304. The highest BCUT2D eigenvalue weighted by atomic mass is 15.2. The maximum Gasteiger partial charge on any atom is 0.104 e. The summed E-state index contributed by atoms with van der Waals surface area (Å²) in [5, 5.41) is 12.9. The molecule has 1 heterocycles. The van der Waals surface area contributed by atoms with Crippen molar-refractivity contribution in [3.05, 3.63) is 0 Å². The third kappa shape index (κ3) is 4.75. The zero-order valence-electron chi connectivity index (χ0n) is 13.5. The Balaban J connectivity index is 1.66. The van der Waals surface area contributed by atoms with Crippen molar-refractivity contribution in [3.63, 3.8) is 0 Å². The maximum absolute atomic E-state index is 9.36.